The van der Waals surface area contributed by atoms with Gasteiger partial charge in [0.05, 0.1) is 5.75 Å². The van der Waals surface area contributed by atoms with Gasteiger partial charge in [0.2, 0.25) is 5.91 Å². The van der Waals surface area contributed by atoms with Gasteiger partial charge in [-0.15, -0.1) is 0 Å². The minimum atomic E-state index is 0.0535. The summed E-state index contributed by atoms with van der Waals surface area (Å²) in [6.45, 7) is 2.09. The average molecular weight is 187 g/mol. The van der Waals surface area contributed by atoms with Crippen LogP contribution in [0.2, 0.25) is 0 Å². The second kappa shape index (κ2) is 4.75. The van der Waals surface area contributed by atoms with Gasteiger partial charge >= 0.3 is 0 Å². The maximum absolute atomic E-state index is 11.0. The van der Waals surface area contributed by atoms with Crippen molar-refractivity contribution in [2.75, 3.05) is 5.75 Å². The van der Waals surface area contributed by atoms with Crippen molar-refractivity contribution in [3.63, 3.8) is 0 Å². The molecule has 70 valence electrons. The Morgan fingerprint density at radius 1 is 1.58 bits per heavy atom. The Morgan fingerprint density at radius 3 is 2.67 bits per heavy atom. The maximum Gasteiger partial charge on any atom is 0.229 e. The first-order valence-corrected chi connectivity index (χ1v) is 5.27. The summed E-state index contributed by atoms with van der Waals surface area (Å²) >= 11 is 3.92. The van der Waals surface area contributed by atoms with E-state index in [1.807, 2.05) is 0 Å². The van der Waals surface area contributed by atoms with Crippen LogP contribution in [0.3, 0.4) is 0 Å². The Bertz CT molecular complexity index is 155. The van der Waals surface area contributed by atoms with Gasteiger partial charge in [-0.2, -0.15) is 12.6 Å². The Hall–Kier alpha value is -0.180. The van der Waals surface area contributed by atoms with Crippen LogP contribution in [0.4, 0.5) is 0 Å². The maximum atomic E-state index is 11.0. The van der Waals surface area contributed by atoms with E-state index in [9.17, 15) is 4.79 Å². The predicted molar refractivity (Wildman–Crippen MR) is 53.4 cm³/mol. The van der Waals surface area contributed by atoms with Crippen molar-refractivity contribution in [3.05, 3.63) is 0 Å². The molecule has 0 spiro atoms. The van der Waals surface area contributed by atoms with Crippen LogP contribution < -0.4 is 5.32 Å². The van der Waals surface area contributed by atoms with Crippen molar-refractivity contribution in [2.24, 2.45) is 5.92 Å². The van der Waals surface area contributed by atoms with Crippen molar-refractivity contribution in [1.82, 2.24) is 5.32 Å². The molecule has 1 unspecified atom stereocenters. The van der Waals surface area contributed by atoms with E-state index >= 15 is 0 Å². The fraction of sp³-hybridized carbons (Fsp3) is 0.889. The molecule has 0 aliphatic heterocycles. The molecule has 12 heavy (non-hydrogen) atoms. The van der Waals surface area contributed by atoms with Crippen molar-refractivity contribution < 1.29 is 4.79 Å². The number of carbonyl (C=O) groups excluding carboxylic acids is 1. The third-order valence-corrected chi connectivity index (χ3v) is 2.93. The molecule has 2 nitrogen and oxygen atoms in total. The van der Waals surface area contributed by atoms with Crippen LogP contribution in [0, 0.1) is 5.92 Å². The van der Waals surface area contributed by atoms with Gasteiger partial charge in [-0.3, -0.25) is 4.79 Å². The SMILES string of the molecule is CC(NC(=O)CS)C1CCCC1. The Labute approximate surface area is 79.5 Å². The molecular weight excluding hydrogens is 170 g/mol. The summed E-state index contributed by atoms with van der Waals surface area (Å²) < 4.78 is 0. The molecule has 1 amide bonds. The van der Waals surface area contributed by atoms with E-state index in [-0.39, 0.29) is 5.91 Å². The van der Waals surface area contributed by atoms with E-state index < -0.39 is 0 Å². The average Bonchev–Trinajstić information content (AvgIpc) is 2.56. The second-order valence-corrected chi connectivity index (χ2v) is 3.88. The van der Waals surface area contributed by atoms with Crippen molar-refractivity contribution >= 4 is 18.5 Å². The fourth-order valence-electron chi connectivity index (χ4n) is 1.87. The number of rotatable bonds is 3. The molecule has 0 bridgehead atoms. The lowest BCUT2D eigenvalue weighted by molar-refractivity contribution is -0.119. The van der Waals surface area contributed by atoms with Crippen molar-refractivity contribution in [3.8, 4) is 0 Å². The molecule has 1 fully saturated rings. The van der Waals surface area contributed by atoms with Gasteiger partial charge in [0.15, 0.2) is 0 Å². The lowest BCUT2D eigenvalue weighted by atomic mass is 10.00. The van der Waals surface area contributed by atoms with Gasteiger partial charge < -0.3 is 5.32 Å². The summed E-state index contributed by atoms with van der Waals surface area (Å²) in [5, 5.41) is 2.96. The van der Waals surface area contributed by atoms with Gasteiger partial charge in [0, 0.05) is 6.04 Å². The molecule has 1 aliphatic carbocycles. The highest BCUT2D eigenvalue weighted by molar-refractivity contribution is 7.81. The lowest BCUT2D eigenvalue weighted by Gasteiger charge is -2.19. The first-order chi connectivity index (χ1) is 5.74. The second-order valence-electron chi connectivity index (χ2n) is 3.56. The van der Waals surface area contributed by atoms with E-state index in [1.54, 1.807) is 0 Å². The molecule has 3 heteroatoms. The molecule has 0 aromatic carbocycles. The minimum Gasteiger partial charge on any atom is -0.353 e. The van der Waals surface area contributed by atoms with Crippen LogP contribution in [-0.2, 0) is 4.79 Å². The van der Waals surface area contributed by atoms with Gasteiger partial charge in [0.1, 0.15) is 0 Å². The third-order valence-electron chi connectivity index (χ3n) is 2.64. The molecule has 0 aromatic rings. The van der Waals surface area contributed by atoms with E-state index in [1.165, 1.54) is 25.7 Å². The number of hydrogen-bond donors (Lipinski definition) is 2. The number of thiol groups is 1. The van der Waals surface area contributed by atoms with E-state index in [0.29, 0.717) is 17.7 Å². The summed E-state index contributed by atoms with van der Waals surface area (Å²) in [4.78, 5) is 11.0. The zero-order valence-electron chi connectivity index (χ0n) is 7.55. The zero-order valence-corrected chi connectivity index (χ0v) is 8.44. The number of amides is 1. The number of nitrogens with one attached hydrogen (secondary N) is 1. The van der Waals surface area contributed by atoms with Gasteiger partial charge in [-0.25, -0.2) is 0 Å². The molecule has 0 heterocycles. The summed E-state index contributed by atoms with van der Waals surface area (Å²) in [5.41, 5.74) is 0. The Morgan fingerprint density at radius 2 is 2.17 bits per heavy atom. The molecule has 0 saturated heterocycles. The zero-order chi connectivity index (χ0) is 8.97. The third kappa shape index (κ3) is 2.70. The monoisotopic (exact) mass is 187 g/mol. The number of hydrogen-bond acceptors (Lipinski definition) is 2. The highest BCUT2D eigenvalue weighted by atomic mass is 32.1. The largest absolute Gasteiger partial charge is 0.353 e. The van der Waals surface area contributed by atoms with Crippen LogP contribution in [-0.4, -0.2) is 17.7 Å². The molecule has 1 atom stereocenters. The van der Waals surface area contributed by atoms with Gasteiger partial charge in [-0.05, 0) is 25.7 Å². The van der Waals surface area contributed by atoms with Crippen molar-refractivity contribution in [2.45, 2.75) is 38.6 Å². The smallest absolute Gasteiger partial charge is 0.229 e. The van der Waals surface area contributed by atoms with Crippen LogP contribution in [0.5, 0.6) is 0 Å². The highest BCUT2D eigenvalue weighted by Gasteiger charge is 2.21. The molecule has 0 aromatic heterocycles. The normalized spacial score (nSPS) is 20.8. The molecule has 1 N–H and O–H groups in total. The van der Waals surface area contributed by atoms with Gasteiger partial charge in [0.25, 0.3) is 0 Å². The molecule has 1 saturated carbocycles. The highest BCUT2D eigenvalue weighted by Crippen LogP contribution is 2.27. The fourth-order valence-corrected chi connectivity index (χ4v) is 1.97. The Balaban J connectivity index is 2.26. The molecule has 0 radical (unpaired) electrons. The first-order valence-electron chi connectivity index (χ1n) is 4.64. The van der Waals surface area contributed by atoms with E-state index in [4.69, 9.17) is 0 Å². The minimum absolute atomic E-state index is 0.0535. The standard InChI is InChI=1S/C9H17NOS/c1-7(10-9(11)6-12)8-4-2-3-5-8/h7-8,12H,2-6H2,1H3,(H,10,11). The van der Waals surface area contributed by atoms with Crippen LogP contribution >= 0.6 is 12.6 Å². The molecular formula is C9H17NOS. The topological polar surface area (TPSA) is 29.1 Å². The summed E-state index contributed by atoms with van der Waals surface area (Å²) in [5.74, 6) is 1.06. The summed E-state index contributed by atoms with van der Waals surface area (Å²) in [6.07, 6.45) is 5.19. The Kier molecular flexibility index (Phi) is 3.92. The molecule has 1 aliphatic rings. The number of carbonyl (C=O) groups is 1. The van der Waals surface area contributed by atoms with E-state index in [2.05, 4.69) is 24.9 Å². The van der Waals surface area contributed by atoms with Crippen LogP contribution in [0.15, 0.2) is 0 Å². The summed E-state index contributed by atoms with van der Waals surface area (Å²) in [6, 6.07) is 0.340. The predicted octanol–water partition coefficient (Wildman–Crippen LogP) is 1.61. The van der Waals surface area contributed by atoms with Crippen molar-refractivity contribution in [1.29, 1.82) is 0 Å². The van der Waals surface area contributed by atoms with Gasteiger partial charge in [-0.1, -0.05) is 12.8 Å². The molecule has 1 rings (SSSR count). The van der Waals surface area contributed by atoms with E-state index in [0.717, 1.165) is 0 Å². The van der Waals surface area contributed by atoms with Crippen LogP contribution in [0.25, 0.3) is 0 Å². The first kappa shape index (κ1) is 9.90. The summed E-state index contributed by atoms with van der Waals surface area (Å²) in [7, 11) is 0. The lowest BCUT2D eigenvalue weighted by Crippen LogP contribution is -2.37. The quantitative estimate of drug-likeness (QED) is 0.646. The van der Waals surface area contributed by atoms with Crippen LogP contribution in [0.1, 0.15) is 32.6 Å².